The van der Waals surface area contributed by atoms with Crippen molar-refractivity contribution in [3.63, 3.8) is 0 Å². The van der Waals surface area contributed by atoms with Crippen molar-refractivity contribution in [3.05, 3.63) is 77.4 Å². The minimum Gasteiger partial charge on any atom is -0.497 e. The third-order valence-electron chi connectivity index (χ3n) is 7.35. The summed E-state index contributed by atoms with van der Waals surface area (Å²) in [5.41, 5.74) is 2.15. The van der Waals surface area contributed by atoms with Gasteiger partial charge in [0.2, 0.25) is 11.8 Å². The van der Waals surface area contributed by atoms with Crippen molar-refractivity contribution in [2.45, 2.75) is 38.1 Å². The van der Waals surface area contributed by atoms with E-state index in [1.807, 2.05) is 42.2 Å². The zero-order valence-electron chi connectivity index (χ0n) is 19.9. The molecule has 2 aliphatic rings. The van der Waals surface area contributed by atoms with Gasteiger partial charge in [-0.05, 0) is 42.0 Å². The lowest BCUT2D eigenvalue weighted by Crippen LogP contribution is -2.54. The molecule has 178 valence electrons. The zero-order chi connectivity index (χ0) is 23.5. The molecule has 2 atom stereocenters. The molecular formula is C27H32N4O3. The number of rotatable bonds is 7. The lowest BCUT2D eigenvalue weighted by molar-refractivity contribution is -0.134. The van der Waals surface area contributed by atoms with E-state index >= 15 is 0 Å². The maximum Gasteiger partial charge on any atom is 0.223 e. The molecule has 0 radical (unpaired) electrons. The third kappa shape index (κ3) is 4.57. The van der Waals surface area contributed by atoms with Crippen LogP contribution in [0.2, 0.25) is 0 Å². The van der Waals surface area contributed by atoms with Crippen molar-refractivity contribution in [2.24, 2.45) is 5.92 Å². The number of likely N-dealkylation sites (tertiary alicyclic amines) is 2. The summed E-state index contributed by atoms with van der Waals surface area (Å²) in [6, 6.07) is 18.5. The van der Waals surface area contributed by atoms with Gasteiger partial charge in [-0.15, -0.1) is 0 Å². The fourth-order valence-electron chi connectivity index (χ4n) is 5.56. The highest BCUT2D eigenvalue weighted by Crippen LogP contribution is 2.44. The number of nitrogens with zero attached hydrogens (tertiary/aromatic N) is 4. The number of hydrogen-bond acceptors (Lipinski definition) is 6. The van der Waals surface area contributed by atoms with Crippen LogP contribution in [-0.4, -0.2) is 59.1 Å². The van der Waals surface area contributed by atoms with Crippen LogP contribution in [0.5, 0.6) is 5.75 Å². The first-order chi connectivity index (χ1) is 16.6. The third-order valence-corrected chi connectivity index (χ3v) is 7.35. The van der Waals surface area contributed by atoms with Gasteiger partial charge < -0.3 is 14.2 Å². The molecule has 5 rings (SSSR count). The average molecular weight is 461 g/mol. The fraction of sp³-hybridized carbons (Fsp3) is 0.444. The molecule has 0 aliphatic carbocycles. The fourth-order valence-corrected chi connectivity index (χ4v) is 5.56. The Bertz CT molecular complexity index is 1110. The van der Waals surface area contributed by atoms with E-state index in [-0.39, 0.29) is 11.3 Å². The van der Waals surface area contributed by atoms with Crippen LogP contribution in [0.25, 0.3) is 0 Å². The van der Waals surface area contributed by atoms with Crippen molar-refractivity contribution < 1.29 is 14.1 Å². The summed E-state index contributed by atoms with van der Waals surface area (Å²) in [6.45, 7) is 5.96. The van der Waals surface area contributed by atoms with E-state index < -0.39 is 0 Å². The van der Waals surface area contributed by atoms with Crippen molar-refractivity contribution in [1.29, 1.82) is 0 Å². The van der Waals surface area contributed by atoms with Crippen LogP contribution in [0.3, 0.4) is 0 Å². The Morgan fingerprint density at radius 2 is 1.91 bits per heavy atom. The number of piperidine rings is 1. The van der Waals surface area contributed by atoms with Crippen molar-refractivity contribution in [2.75, 3.05) is 33.3 Å². The lowest BCUT2D eigenvalue weighted by atomic mass is 9.72. The molecule has 7 heteroatoms. The number of hydrogen-bond donors (Lipinski definition) is 0. The van der Waals surface area contributed by atoms with Crippen LogP contribution in [0.15, 0.2) is 59.1 Å². The van der Waals surface area contributed by atoms with Gasteiger partial charge >= 0.3 is 0 Å². The highest BCUT2D eigenvalue weighted by Gasteiger charge is 2.54. The highest BCUT2D eigenvalue weighted by atomic mass is 16.5. The number of carbonyl (C=O) groups excluding carboxylic acids is 1. The zero-order valence-corrected chi connectivity index (χ0v) is 19.9. The van der Waals surface area contributed by atoms with Crippen LogP contribution in [0, 0.1) is 12.8 Å². The summed E-state index contributed by atoms with van der Waals surface area (Å²) < 4.78 is 10.6. The number of aromatic nitrogens is 2. The van der Waals surface area contributed by atoms with E-state index in [1.54, 1.807) is 7.11 Å². The Balaban J connectivity index is 1.31. The molecule has 0 saturated carbocycles. The van der Waals surface area contributed by atoms with Crippen LogP contribution < -0.4 is 4.74 Å². The first-order valence-electron chi connectivity index (χ1n) is 12.0. The van der Waals surface area contributed by atoms with Crippen LogP contribution >= 0.6 is 0 Å². The summed E-state index contributed by atoms with van der Waals surface area (Å²) in [5, 5.41) is 4.36. The molecule has 0 N–H and O–H groups in total. The number of aryl methyl sites for hydroxylation is 2. The van der Waals surface area contributed by atoms with Gasteiger partial charge in [-0.2, -0.15) is 4.98 Å². The average Bonchev–Trinajstić information content (AvgIpc) is 3.47. The molecule has 0 unspecified atom stereocenters. The topological polar surface area (TPSA) is 71.7 Å². The number of ether oxygens (including phenoxy) is 1. The van der Waals surface area contributed by atoms with Gasteiger partial charge in [0.15, 0.2) is 5.82 Å². The predicted octanol–water partition coefficient (Wildman–Crippen LogP) is 3.62. The molecule has 0 spiro atoms. The molecule has 2 aliphatic heterocycles. The largest absolute Gasteiger partial charge is 0.497 e. The maximum atomic E-state index is 13.3. The first kappa shape index (κ1) is 22.6. The van der Waals surface area contributed by atoms with Crippen LogP contribution in [0.4, 0.5) is 0 Å². The Labute approximate surface area is 200 Å². The smallest absolute Gasteiger partial charge is 0.223 e. The molecule has 3 aromatic rings. The Morgan fingerprint density at radius 3 is 2.62 bits per heavy atom. The number of methoxy groups -OCH3 is 1. The molecule has 0 bridgehead atoms. The normalized spacial score (nSPS) is 22.5. The molecule has 7 nitrogen and oxygen atoms in total. The monoisotopic (exact) mass is 460 g/mol. The van der Waals surface area contributed by atoms with E-state index in [2.05, 4.69) is 39.3 Å². The summed E-state index contributed by atoms with van der Waals surface area (Å²) in [5.74, 6) is 2.75. The van der Waals surface area contributed by atoms with Gasteiger partial charge in [-0.25, -0.2) is 0 Å². The van der Waals surface area contributed by atoms with E-state index in [9.17, 15) is 4.79 Å². The molecular weight excluding hydrogens is 428 g/mol. The second kappa shape index (κ2) is 9.58. The summed E-state index contributed by atoms with van der Waals surface area (Å²) >= 11 is 0. The molecule has 34 heavy (non-hydrogen) atoms. The lowest BCUT2D eigenvalue weighted by Gasteiger charge is -2.42. The van der Waals surface area contributed by atoms with Gasteiger partial charge in [-0.3, -0.25) is 9.69 Å². The van der Waals surface area contributed by atoms with Crippen LogP contribution in [-0.2, 0) is 23.2 Å². The molecule has 2 aromatic carbocycles. The Morgan fingerprint density at radius 1 is 1.12 bits per heavy atom. The minimum atomic E-state index is -0.291. The quantitative estimate of drug-likeness (QED) is 0.536. The standard InChI is InChI=1S/C27H32N4O3/c1-20-28-26(29-34-20)27-18-30(16-22-6-4-3-5-7-22)17-23(27)14-15-31(19-27)25(32)13-10-21-8-11-24(33-2)12-9-21/h3-9,11-12,23H,10,13-19H2,1-2H3/t23-,27+/m0/s1. The van der Waals surface area contributed by atoms with E-state index in [0.717, 1.165) is 56.2 Å². The van der Waals surface area contributed by atoms with E-state index in [4.69, 9.17) is 9.26 Å². The molecule has 1 aromatic heterocycles. The van der Waals surface area contributed by atoms with E-state index in [0.29, 0.717) is 24.8 Å². The summed E-state index contributed by atoms with van der Waals surface area (Å²) in [7, 11) is 1.66. The SMILES string of the molecule is COc1ccc(CCC(=O)N2CC[C@H]3CN(Cc4ccccc4)C[C@@]3(c3noc(C)n3)C2)cc1. The summed E-state index contributed by atoms with van der Waals surface area (Å²) in [4.78, 5) is 22.4. The number of fused-ring (bicyclic) bond motifs is 1. The van der Waals surface area contributed by atoms with Crippen molar-refractivity contribution in [3.8, 4) is 5.75 Å². The van der Waals surface area contributed by atoms with Gasteiger partial charge in [-0.1, -0.05) is 47.6 Å². The number of amides is 1. The van der Waals surface area contributed by atoms with Crippen LogP contribution in [0.1, 0.15) is 35.7 Å². The molecule has 1 amide bonds. The van der Waals surface area contributed by atoms with E-state index in [1.165, 1.54) is 5.56 Å². The number of carbonyl (C=O) groups is 1. The van der Waals surface area contributed by atoms with Crippen molar-refractivity contribution >= 4 is 5.91 Å². The second-order valence-electron chi connectivity index (χ2n) is 9.60. The Kier molecular flexibility index (Phi) is 6.37. The molecule has 2 saturated heterocycles. The second-order valence-corrected chi connectivity index (χ2v) is 9.60. The van der Waals surface area contributed by atoms with Gasteiger partial charge in [0.05, 0.1) is 12.5 Å². The predicted molar refractivity (Wildman–Crippen MR) is 128 cm³/mol. The number of benzene rings is 2. The minimum absolute atomic E-state index is 0.190. The van der Waals surface area contributed by atoms with Gasteiger partial charge in [0.1, 0.15) is 5.75 Å². The maximum absolute atomic E-state index is 13.3. The Hall–Kier alpha value is -3.19. The van der Waals surface area contributed by atoms with Crippen molar-refractivity contribution in [1.82, 2.24) is 19.9 Å². The van der Waals surface area contributed by atoms with Gasteiger partial charge in [0, 0.05) is 46.1 Å². The highest BCUT2D eigenvalue weighted by molar-refractivity contribution is 5.76. The molecule has 3 heterocycles. The first-order valence-corrected chi connectivity index (χ1v) is 12.0. The summed E-state index contributed by atoms with van der Waals surface area (Å²) in [6.07, 6.45) is 2.16. The molecule has 2 fully saturated rings. The van der Waals surface area contributed by atoms with Gasteiger partial charge in [0.25, 0.3) is 0 Å².